The van der Waals surface area contributed by atoms with E-state index >= 15 is 0 Å². The summed E-state index contributed by atoms with van der Waals surface area (Å²) in [5, 5.41) is 3.86. The van der Waals surface area contributed by atoms with E-state index in [1.165, 1.54) is 23.9 Å². The Bertz CT molecular complexity index is 1120. The molecule has 6 nitrogen and oxygen atoms in total. The fourth-order valence-corrected chi connectivity index (χ4v) is 3.46. The summed E-state index contributed by atoms with van der Waals surface area (Å²) in [4.78, 5) is 2.37. The maximum atomic E-state index is 12.3. The Morgan fingerprint density at radius 2 is 1.53 bits per heavy atom. The Kier molecular flexibility index (Phi) is 6.74. The third kappa shape index (κ3) is 5.61. The molecule has 3 aromatic rings. The molecule has 0 atom stereocenters. The molecule has 0 heterocycles. The second-order valence-electron chi connectivity index (χ2n) is 6.85. The van der Waals surface area contributed by atoms with Gasteiger partial charge in [0.05, 0.1) is 18.2 Å². The van der Waals surface area contributed by atoms with E-state index in [0.717, 1.165) is 11.1 Å². The monoisotopic (exact) mass is 424 g/mol. The lowest BCUT2D eigenvalue weighted by Gasteiger charge is -2.11. The number of rotatable bonds is 8. The molecule has 0 aliphatic heterocycles. The molecule has 0 aromatic heterocycles. The van der Waals surface area contributed by atoms with E-state index in [2.05, 4.69) is 9.93 Å². The Labute approximate surface area is 177 Å². The molecule has 0 fully saturated rings. The Morgan fingerprint density at radius 1 is 0.900 bits per heavy atom. The molecule has 3 aromatic carbocycles. The summed E-state index contributed by atoms with van der Waals surface area (Å²) in [5.74, 6) is 1.13. The highest BCUT2D eigenvalue weighted by atomic mass is 32.2. The van der Waals surface area contributed by atoms with Gasteiger partial charge in [0.2, 0.25) is 0 Å². The smallest absolute Gasteiger partial charge is 0.276 e. The van der Waals surface area contributed by atoms with Gasteiger partial charge in [-0.2, -0.15) is 13.5 Å². The van der Waals surface area contributed by atoms with Gasteiger partial charge >= 0.3 is 0 Å². The van der Waals surface area contributed by atoms with Crippen LogP contribution in [0.5, 0.6) is 11.5 Å². The zero-order valence-electron chi connectivity index (χ0n) is 17.1. The quantitative estimate of drug-likeness (QED) is 0.434. The van der Waals surface area contributed by atoms with Crippen LogP contribution in [-0.2, 0) is 16.6 Å². The van der Waals surface area contributed by atoms with Crippen molar-refractivity contribution in [2.75, 3.05) is 7.11 Å². The lowest BCUT2D eigenvalue weighted by molar-refractivity contribution is 0.284. The van der Waals surface area contributed by atoms with Crippen LogP contribution in [0.3, 0.4) is 0 Å². The summed E-state index contributed by atoms with van der Waals surface area (Å²) in [6.45, 7) is 4.35. The number of nitrogens with one attached hydrogen (secondary N) is 1. The number of nitrogens with zero attached hydrogens (tertiary/aromatic N) is 1. The van der Waals surface area contributed by atoms with E-state index in [-0.39, 0.29) is 4.90 Å². The van der Waals surface area contributed by atoms with Gasteiger partial charge in [-0.25, -0.2) is 4.83 Å². The number of hydrazone groups is 1. The normalized spacial score (nSPS) is 11.4. The van der Waals surface area contributed by atoms with Crippen molar-refractivity contribution in [3.63, 3.8) is 0 Å². The molecule has 0 aliphatic rings. The molecule has 0 unspecified atom stereocenters. The molecule has 0 spiro atoms. The molecule has 0 bridgehead atoms. The Balaban J connectivity index is 1.66. The van der Waals surface area contributed by atoms with Gasteiger partial charge in [-0.05, 0) is 55.3 Å². The van der Waals surface area contributed by atoms with Crippen molar-refractivity contribution in [2.45, 2.75) is 25.3 Å². The number of ether oxygens (including phenoxy) is 2. The van der Waals surface area contributed by atoms with Crippen LogP contribution in [0.1, 0.15) is 22.3 Å². The fraction of sp³-hybridized carbons (Fsp3) is 0.174. The van der Waals surface area contributed by atoms with Crippen molar-refractivity contribution >= 4 is 16.2 Å². The van der Waals surface area contributed by atoms with Crippen LogP contribution in [-0.4, -0.2) is 21.7 Å². The van der Waals surface area contributed by atoms with Crippen molar-refractivity contribution in [2.24, 2.45) is 5.10 Å². The van der Waals surface area contributed by atoms with Crippen LogP contribution < -0.4 is 14.3 Å². The van der Waals surface area contributed by atoms with Crippen molar-refractivity contribution in [3.8, 4) is 11.5 Å². The zero-order valence-corrected chi connectivity index (χ0v) is 17.9. The standard InChI is InChI=1S/C23H24N2O4S/c1-17-4-8-19(9-5-17)16-29-22-13-10-20(14-23(22)28-3)15-24-25-30(26,27)21-11-6-18(2)7-12-21/h4-15,25H,16H2,1-3H3/b24-15-. The van der Waals surface area contributed by atoms with Gasteiger partial charge in [-0.1, -0.05) is 47.5 Å². The van der Waals surface area contributed by atoms with Gasteiger partial charge < -0.3 is 9.47 Å². The molecule has 30 heavy (non-hydrogen) atoms. The van der Waals surface area contributed by atoms with E-state index in [9.17, 15) is 8.42 Å². The first-order valence-corrected chi connectivity index (χ1v) is 10.8. The molecule has 0 saturated carbocycles. The van der Waals surface area contributed by atoms with E-state index in [0.29, 0.717) is 23.7 Å². The first-order valence-electron chi connectivity index (χ1n) is 9.35. The van der Waals surface area contributed by atoms with Gasteiger partial charge in [0.1, 0.15) is 6.61 Å². The summed E-state index contributed by atoms with van der Waals surface area (Å²) >= 11 is 0. The topological polar surface area (TPSA) is 77.0 Å². The first-order chi connectivity index (χ1) is 14.4. The lowest BCUT2D eigenvalue weighted by atomic mass is 10.2. The number of hydrogen-bond donors (Lipinski definition) is 1. The van der Waals surface area contributed by atoms with Crippen molar-refractivity contribution in [1.82, 2.24) is 4.83 Å². The maximum absolute atomic E-state index is 12.3. The minimum atomic E-state index is -3.72. The minimum absolute atomic E-state index is 0.155. The van der Waals surface area contributed by atoms with Crippen molar-refractivity contribution in [1.29, 1.82) is 0 Å². The fourth-order valence-electron chi connectivity index (χ4n) is 2.67. The number of sulfonamides is 1. The van der Waals surface area contributed by atoms with Gasteiger partial charge in [0.15, 0.2) is 11.5 Å². The van der Waals surface area contributed by atoms with Crippen molar-refractivity contribution < 1.29 is 17.9 Å². The van der Waals surface area contributed by atoms with E-state index in [1.54, 1.807) is 37.4 Å². The van der Waals surface area contributed by atoms with Gasteiger partial charge in [-0.3, -0.25) is 0 Å². The van der Waals surface area contributed by atoms with Crippen LogP contribution in [0.15, 0.2) is 76.7 Å². The molecule has 1 N–H and O–H groups in total. The number of methoxy groups -OCH3 is 1. The van der Waals surface area contributed by atoms with Crippen LogP contribution in [0.4, 0.5) is 0 Å². The largest absolute Gasteiger partial charge is 0.493 e. The predicted molar refractivity (Wildman–Crippen MR) is 118 cm³/mol. The van der Waals surface area contributed by atoms with Crippen molar-refractivity contribution in [3.05, 3.63) is 89.0 Å². The summed E-state index contributed by atoms with van der Waals surface area (Å²) in [7, 11) is -2.17. The summed E-state index contributed by atoms with van der Waals surface area (Å²) in [6, 6.07) is 19.9. The first kappa shape index (κ1) is 21.4. The predicted octanol–water partition coefficient (Wildman–Crippen LogP) is 4.20. The van der Waals surface area contributed by atoms with E-state index < -0.39 is 10.0 Å². The second kappa shape index (κ2) is 9.45. The molecular formula is C23H24N2O4S. The molecule has 0 amide bonds. The average molecular weight is 425 g/mol. The molecule has 7 heteroatoms. The van der Waals surface area contributed by atoms with Gasteiger partial charge in [-0.15, -0.1) is 0 Å². The maximum Gasteiger partial charge on any atom is 0.276 e. The Morgan fingerprint density at radius 3 is 2.17 bits per heavy atom. The van der Waals surface area contributed by atoms with Crippen LogP contribution in [0.25, 0.3) is 0 Å². The molecule has 0 radical (unpaired) electrons. The molecule has 0 aliphatic carbocycles. The van der Waals surface area contributed by atoms with Crippen LogP contribution >= 0.6 is 0 Å². The molecular weight excluding hydrogens is 400 g/mol. The summed E-state index contributed by atoms with van der Waals surface area (Å²) in [5.41, 5.74) is 3.90. The highest BCUT2D eigenvalue weighted by Crippen LogP contribution is 2.28. The minimum Gasteiger partial charge on any atom is -0.493 e. The highest BCUT2D eigenvalue weighted by molar-refractivity contribution is 7.89. The second-order valence-corrected chi connectivity index (χ2v) is 8.51. The molecule has 3 rings (SSSR count). The zero-order chi connectivity index (χ0) is 21.6. The third-order valence-corrected chi connectivity index (χ3v) is 5.66. The number of hydrogen-bond acceptors (Lipinski definition) is 5. The van der Waals surface area contributed by atoms with Crippen LogP contribution in [0, 0.1) is 13.8 Å². The SMILES string of the molecule is COc1cc(/C=N\NS(=O)(=O)c2ccc(C)cc2)ccc1OCc1ccc(C)cc1. The van der Waals surface area contributed by atoms with Gasteiger partial charge in [0.25, 0.3) is 10.0 Å². The average Bonchev–Trinajstić information content (AvgIpc) is 2.74. The number of aryl methyl sites for hydroxylation is 2. The van der Waals surface area contributed by atoms with E-state index in [4.69, 9.17) is 9.47 Å². The summed E-state index contributed by atoms with van der Waals surface area (Å²) < 4.78 is 35.8. The molecule has 0 saturated heterocycles. The lowest BCUT2D eigenvalue weighted by Crippen LogP contribution is -2.18. The number of benzene rings is 3. The highest BCUT2D eigenvalue weighted by Gasteiger charge is 2.12. The van der Waals surface area contributed by atoms with E-state index in [1.807, 2.05) is 38.1 Å². The summed E-state index contributed by atoms with van der Waals surface area (Å²) in [6.07, 6.45) is 1.41. The molecule has 156 valence electrons. The van der Waals surface area contributed by atoms with Gasteiger partial charge in [0, 0.05) is 0 Å². The van der Waals surface area contributed by atoms with Crippen LogP contribution in [0.2, 0.25) is 0 Å². The Hall–Kier alpha value is -3.32. The third-order valence-electron chi connectivity index (χ3n) is 4.42.